The first-order valence-corrected chi connectivity index (χ1v) is 9.34. The van der Waals surface area contributed by atoms with Crippen LogP contribution in [-0.2, 0) is 9.53 Å². The zero-order valence-electron chi connectivity index (χ0n) is 16.0. The molecule has 8 heteroatoms. The Bertz CT molecular complexity index is 934. The molecule has 0 atom stereocenters. The monoisotopic (exact) mass is 395 g/mol. The van der Waals surface area contributed by atoms with Crippen LogP contribution in [0.1, 0.15) is 20.7 Å². The Kier molecular flexibility index (Phi) is 5.18. The first kappa shape index (κ1) is 18.9. The lowest BCUT2D eigenvalue weighted by molar-refractivity contribution is -0.116. The van der Waals surface area contributed by atoms with Crippen molar-refractivity contribution in [3.8, 4) is 5.75 Å². The minimum atomic E-state index is -0.475. The summed E-state index contributed by atoms with van der Waals surface area (Å²) >= 11 is 0. The van der Waals surface area contributed by atoms with Gasteiger partial charge in [0.2, 0.25) is 5.91 Å². The fourth-order valence-corrected chi connectivity index (χ4v) is 3.53. The molecule has 1 fully saturated rings. The van der Waals surface area contributed by atoms with Gasteiger partial charge in [-0.05, 0) is 30.3 Å². The second-order valence-corrected chi connectivity index (χ2v) is 6.77. The number of nitrogens with one attached hydrogen (secondary N) is 1. The second-order valence-electron chi connectivity index (χ2n) is 6.77. The Morgan fingerprint density at radius 2 is 1.72 bits per heavy atom. The van der Waals surface area contributed by atoms with E-state index in [0.717, 1.165) is 23.7 Å². The molecule has 0 unspecified atom stereocenters. The summed E-state index contributed by atoms with van der Waals surface area (Å²) in [4.78, 5) is 40.7. The number of hydrogen-bond donors (Lipinski definition) is 1. The molecule has 0 bridgehead atoms. The van der Waals surface area contributed by atoms with Gasteiger partial charge >= 0.3 is 0 Å². The van der Waals surface area contributed by atoms with Gasteiger partial charge in [0.15, 0.2) is 0 Å². The Balaban J connectivity index is 1.49. The number of amides is 3. The van der Waals surface area contributed by atoms with E-state index in [1.54, 1.807) is 30.3 Å². The van der Waals surface area contributed by atoms with Gasteiger partial charge in [-0.1, -0.05) is 12.1 Å². The lowest BCUT2D eigenvalue weighted by Gasteiger charge is -2.29. The average molecular weight is 395 g/mol. The molecule has 3 amide bonds. The van der Waals surface area contributed by atoms with Crippen molar-refractivity contribution in [2.24, 2.45) is 0 Å². The molecular weight excluding hydrogens is 374 g/mol. The maximum Gasteiger partial charge on any atom is 0.262 e. The van der Waals surface area contributed by atoms with Crippen LogP contribution >= 0.6 is 0 Å². The number of fused-ring (bicyclic) bond motifs is 1. The van der Waals surface area contributed by atoms with Crippen LogP contribution < -0.4 is 15.0 Å². The molecule has 29 heavy (non-hydrogen) atoms. The normalized spacial score (nSPS) is 16.0. The van der Waals surface area contributed by atoms with Crippen LogP contribution in [0.25, 0.3) is 0 Å². The number of methoxy groups -OCH3 is 1. The summed E-state index contributed by atoms with van der Waals surface area (Å²) in [5.74, 6) is -0.904. The summed E-state index contributed by atoms with van der Waals surface area (Å²) in [6.45, 7) is 2.45. The molecule has 4 rings (SSSR count). The van der Waals surface area contributed by atoms with Crippen LogP contribution in [0.3, 0.4) is 0 Å². The van der Waals surface area contributed by atoms with Gasteiger partial charge in [-0.15, -0.1) is 0 Å². The van der Waals surface area contributed by atoms with Gasteiger partial charge in [0.25, 0.3) is 11.8 Å². The molecule has 2 aliphatic heterocycles. The van der Waals surface area contributed by atoms with E-state index in [0.29, 0.717) is 35.8 Å². The van der Waals surface area contributed by atoms with Crippen molar-refractivity contribution >= 4 is 29.1 Å². The largest absolute Gasteiger partial charge is 0.495 e. The third-order valence-electron chi connectivity index (χ3n) is 5.01. The SMILES string of the molecule is COc1ccc(N2CCOCC2)cc1NC(=O)CN1C(=O)c2ccccc2C1=O. The van der Waals surface area contributed by atoms with Gasteiger partial charge < -0.3 is 19.7 Å². The van der Waals surface area contributed by atoms with Gasteiger partial charge in [0, 0.05) is 18.8 Å². The minimum Gasteiger partial charge on any atom is -0.495 e. The number of benzene rings is 2. The van der Waals surface area contributed by atoms with E-state index in [1.165, 1.54) is 7.11 Å². The van der Waals surface area contributed by atoms with E-state index < -0.39 is 17.7 Å². The molecule has 0 aromatic heterocycles. The molecule has 8 nitrogen and oxygen atoms in total. The van der Waals surface area contributed by atoms with E-state index in [9.17, 15) is 14.4 Å². The molecule has 2 aromatic carbocycles. The summed E-state index contributed by atoms with van der Waals surface area (Å²) in [5.41, 5.74) is 2.05. The lowest BCUT2D eigenvalue weighted by atomic mass is 10.1. The van der Waals surface area contributed by atoms with Crippen LogP contribution in [0.4, 0.5) is 11.4 Å². The van der Waals surface area contributed by atoms with Crippen LogP contribution in [0.2, 0.25) is 0 Å². The fourth-order valence-electron chi connectivity index (χ4n) is 3.53. The highest BCUT2D eigenvalue weighted by atomic mass is 16.5. The highest BCUT2D eigenvalue weighted by molar-refractivity contribution is 6.22. The maximum atomic E-state index is 12.6. The van der Waals surface area contributed by atoms with Gasteiger partial charge in [0.1, 0.15) is 12.3 Å². The molecule has 1 saturated heterocycles. The average Bonchev–Trinajstić information content (AvgIpc) is 2.99. The van der Waals surface area contributed by atoms with Crippen molar-refractivity contribution in [1.82, 2.24) is 4.90 Å². The highest BCUT2D eigenvalue weighted by Crippen LogP contribution is 2.30. The molecule has 0 spiro atoms. The molecule has 2 aliphatic rings. The highest BCUT2D eigenvalue weighted by Gasteiger charge is 2.36. The summed E-state index contributed by atoms with van der Waals surface area (Å²) in [6, 6.07) is 12.1. The van der Waals surface area contributed by atoms with Gasteiger partial charge in [-0.3, -0.25) is 19.3 Å². The predicted molar refractivity (Wildman–Crippen MR) is 106 cm³/mol. The number of nitrogens with zero attached hydrogens (tertiary/aromatic N) is 2. The van der Waals surface area contributed by atoms with Crippen molar-refractivity contribution in [3.63, 3.8) is 0 Å². The predicted octanol–water partition coefficient (Wildman–Crippen LogP) is 1.77. The quantitative estimate of drug-likeness (QED) is 0.777. The van der Waals surface area contributed by atoms with E-state index in [1.807, 2.05) is 12.1 Å². The van der Waals surface area contributed by atoms with Crippen molar-refractivity contribution < 1.29 is 23.9 Å². The summed E-state index contributed by atoms with van der Waals surface area (Å²) in [6.07, 6.45) is 0. The molecule has 2 aromatic rings. The Morgan fingerprint density at radius 1 is 1.07 bits per heavy atom. The number of hydrogen-bond acceptors (Lipinski definition) is 6. The molecule has 1 N–H and O–H groups in total. The molecule has 0 aliphatic carbocycles. The topological polar surface area (TPSA) is 88.2 Å². The Hall–Kier alpha value is -3.39. The van der Waals surface area contributed by atoms with Crippen LogP contribution in [0.5, 0.6) is 5.75 Å². The Morgan fingerprint density at radius 3 is 2.34 bits per heavy atom. The standard InChI is InChI=1S/C21H21N3O5/c1-28-18-7-6-14(23-8-10-29-11-9-23)12-17(18)22-19(25)13-24-20(26)15-4-2-3-5-16(15)21(24)27/h2-7,12H,8-11,13H2,1H3,(H,22,25). The van der Waals surface area contributed by atoms with Crippen LogP contribution in [0.15, 0.2) is 42.5 Å². The number of carbonyl (C=O) groups excluding carboxylic acids is 3. The fraction of sp³-hybridized carbons (Fsp3) is 0.286. The third-order valence-corrected chi connectivity index (χ3v) is 5.01. The Labute approximate surface area is 168 Å². The van der Waals surface area contributed by atoms with Crippen molar-refractivity contribution in [2.75, 3.05) is 50.2 Å². The third kappa shape index (κ3) is 3.66. The van der Waals surface area contributed by atoms with Crippen molar-refractivity contribution in [3.05, 3.63) is 53.6 Å². The van der Waals surface area contributed by atoms with E-state index in [-0.39, 0.29) is 6.54 Å². The molecule has 150 valence electrons. The smallest absolute Gasteiger partial charge is 0.262 e. The van der Waals surface area contributed by atoms with E-state index >= 15 is 0 Å². The van der Waals surface area contributed by atoms with Crippen LogP contribution in [-0.4, -0.2) is 62.6 Å². The number of imide groups is 1. The summed E-state index contributed by atoms with van der Waals surface area (Å²) in [5, 5.41) is 2.77. The van der Waals surface area contributed by atoms with Crippen molar-refractivity contribution in [2.45, 2.75) is 0 Å². The molecule has 0 saturated carbocycles. The van der Waals surface area contributed by atoms with Gasteiger partial charge in [0.05, 0.1) is 37.1 Å². The first-order chi connectivity index (χ1) is 14.1. The minimum absolute atomic E-state index is 0.317. The van der Waals surface area contributed by atoms with Gasteiger partial charge in [-0.2, -0.15) is 0 Å². The van der Waals surface area contributed by atoms with Crippen molar-refractivity contribution in [1.29, 1.82) is 0 Å². The molecule has 0 radical (unpaired) electrons. The van der Waals surface area contributed by atoms with E-state index in [4.69, 9.17) is 9.47 Å². The number of anilines is 2. The number of ether oxygens (including phenoxy) is 2. The van der Waals surface area contributed by atoms with E-state index in [2.05, 4.69) is 10.2 Å². The van der Waals surface area contributed by atoms with Gasteiger partial charge in [-0.25, -0.2) is 0 Å². The summed E-state index contributed by atoms with van der Waals surface area (Å²) < 4.78 is 10.7. The van der Waals surface area contributed by atoms with Crippen LogP contribution in [0, 0.1) is 0 Å². The number of morpholine rings is 1. The zero-order chi connectivity index (χ0) is 20.4. The second kappa shape index (κ2) is 7.92. The summed E-state index contributed by atoms with van der Waals surface area (Å²) in [7, 11) is 1.52. The molecule has 2 heterocycles. The number of carbonyl (C=O) groups is 3. The maximum absolute atomic E-state index is 12.6. The zero-order valence-corrected chi connectivity index (χ0v) is 16.0. The lowest BCUT2D eigenvalue weighted by Crippen LogP contribution is -2.37. The number of rotatable bonds is 5. The molecular formula is C21H21N3O5. The first-order valence-electron chi connectivity index (χ1n) is 9.34.